The van der Waals surface area contributed by atoms with E-state index in [9.17, 15) is 18.0 Å². The van der Waals surface area contributed by atoms with Crippen molar-refractivity contribution >= 4 is 28.6 Å². The lowest BCUT2D eigenvalue weighted by atomic mass is 9.90. The molecule has 0 bridgehead atoms. The zero-order valence-electron chi connectivity index (χ0n) is 18.7. The highest BCUT2D eigenvalue weighted by Crippen LogP contribution is 2.34. The number of hydrogen-bond acceptors (Lipinski definition) is 5. The molecule has 0 saturated heterocycles. The average molecular weight is 470 g/mol. The van der Waals surface area contributed by atoms with Gasteiger partial charge in [0, 0.05) is 29.4 Å². The molecule has 1 fully saturated rings. The summed E-state index contributed by atoms with van der Waals surface area (Å²) in [7, 11) is 0. The van der Waals surface area contributed by atoms with Crippen molar-refractivity contribution in [1.82, 2.24) is 15.3 Å². The van der Waals surface area contributed by atoms with Gasteiger partial charge in [0.1, 0.15) is 5.69 Å². The Balaban J connectivity index is 1.49. The predicted octanol–water partition coefficient (Wildman–Crippen LogP) is 4.80. The second-order valence-electron chi connectivity index (χ2n) is 8.61. The number of nitrogens with two attached hydrogens (primary N) is 1. The van der Waals surface area contributed by atoms with E-state index in [0.717, 1.165) is 30.9 Å². The molecule has 6 nitrogen and oxygen atoms in total. The number of pyridine rings is 2. The molecule has 2 atom stereocenters. The zero-order chi connectivity index (χ0) is 24.3. The Kier molecular flexibility index (Phi) is 6.72. The number of halogens is 3. The third-order valence-corrected chi connectivity index (χ3v) is 5.88. The van der Waals surface area contributed by atoms with Crippen LogP contribution in [0.15, 0.2) is 54.4 Å². The number of carbonyl (C=O) groups excluding carboxylic acids is 1. The zero-order valence-corrected chi connectivity index (χ0v) is 18.7. The summed E-state index contributed by atoms with van der Waals surface area (Å²) >= 11 is 0. The van der Waals surface area contributed by atoms with E-state index >= 15 is 0 Å². The molecule has 4 rings (SSSR count). The molecule has 0 unspecified atom stereocenters. The number of anilines is 1. The molecule has 3 aromatic rings. The molecule has 1 saturated carbocycles. The van der Waals surface area contributed by atoms with E-state index in [1.165, 1.54) is 6.08 Å². The normalized spacial score (nSPS) is 19.1. The molecule has 0 aliphatic heterocycles. The Labute approximate surface area is 195 Å². The van der Waals surface area contributed by atoms with Crippen LogP contribution in [-0.4, -0.2) is 28.0 Å². The second kappa shape index (κ2) is 9.70. The van der Waals surface area contributed by atoms with Gasteiger partial charge in [0.2, 0.25) is 0 Å². The van der Waals surface area contributed by atoms with Gasteiger partial charge in [-0.2, -0.15) is 13.2 Å². The van der Waals surface area contributed by atoms with Crippen molar-refractivity contribution in [3.8, 4) is 0 Å². The first-order chi connectivity index (χ1) is 16.2. The Morgan fingerprint density at radius 2 is 1.94 bits per heavy atom. The van der Waals surface area contributed by atoms with E-state index in [1.54, 1.807) is 36.5 Å². The molecule has 178 valence electrons. The van der Waals surface area contributed by atoms with Crippen LogP contribution in [0, 0.1) is 6.92 Å². The lowest BCUT2D eigenvalue weighted by Crippen LogP contribution is -2.43. The summed E-state index contributed by atoms with van der Waals surface area (Å²) in [5.74, 6) is -0.388. The fourth-order valence-electron chi connectivity index (χ4n) is 4.23. The SMILES string of the molecule is Cc1ccc2nc(C(F)(F)F)cc(N[C@H]3CCC[C@@H](NC(=O)/C(N)=C/c4ccccn4)C3)c2c1. The molecule has 1 aliphatic carbocycles. The molecular formula is C25H26F3N5O. The Morgan fingerprint density at radius 3 is 2.68 bits per heavy atom. The van der Waals surface area contributed by atoms with Crippen LogP contribution in [0.1, 0.15) is 42.6 Å². The van der Waals surface area contributed by atoms with Gasteiger partial charge in [0.05, 0.1) is 16.9 Å². The van der Waals surface area contributed by atoms with Crippen molar-refractivity contribution in [3.05, 3.63) is 71.3 Å². The molecular weight excluding hydrogens is 443 g/mol. The van der Waals surface area contributed by atoms with Crippen molar-refractivity contribution in [2.24, 2.45) is 5.73 Å². The lowest BCUT2D eigenvalue weighted by Gasteiger charge is -2.31. The summed E-state index contributed by atoms with van der Waals surface area (Å²) in [5.41, 5.74) is 7.26. The molecule has 9 heteroatoms. The van der Waals surface area contributed by atoms with Crippen LogP contribution in [0.2, 0.25) is 0 Å². The van der Waals surface area contributed by atoms with Gasteiger partial charge in [-0.3, -0.25) is 9.78 Å². The highest BCUT2D eigenvalue weighted by Gasteiger charge is 2.34. The van der Waals surface area contributed by atoms with E-state index in [4.69, 9.17) is 5.73 Å². The minimum absolute atomic E-state index is 0.0548. The monoisotopic (exact) mass is 469 g/mol. The maximum Gasteiger partial charge on any atom is 0.433 e. The average Bonchev–Trinajstić information content (AvgIpc) is 2.79. The molecule has 2 heterocycles. The molecule has 4 N–H and O–H groups in total. The quantitative estimate of drug-likeness (QED) is 0.467. The van der Waals surface area contributed by atoms with Crippen LogP contribution in [-0.2, 0) is 11.0 Å². The van der Waals surface area contributed by atoms with Crippen molar-refractivity contribution in [2.45, 2.75) is 50.9 Å². The summed E-state index contributed by atoms with van der Waals surface area (Å²) in [6.45, 7) is 1.88. The highest BCUT2D eigenvalue weighted by atomic mass is 19.4. The van der Waals surface area contributed by atoms with Gasteiger partial charge in [0.25, 0.3) is 5.91 Å². The van der Waals surface area contributed by atoms with Gasteiger partial charge in [0.15, 0.2) is 0 Å². The van der Waals surface area contributed by atoms with Crippen LogP contribution < -0.4 is 16.4 Å². The van der Waals surface area contributed by atoms with E-state index in [0.29, 0.717) is 23.2 Å². The Morgan fingerprint density at radius 1 is 1.15 bits per heavy atom. The largest absolute Gasteiger partial charge is 0.433 e. The third-order valence-electron chi connectivity index (χ3n) is 5.88. The number of nitrogens with zero attached hydrogens (tertiary/aromatic N) is 2. The number of benzene rings is 1. The van der Waals surface area contributed by atoms with Crippen molar-refractivity contribution in [3.63, 3.8) is 0 Å². The summed E-state index contributed by atoms with van der Waals surface area (Å²) in [6, 6.07) is 11.3. The van der Waals surface area contributed by atoms with E-state index in [-0.39, 0.29) is 29.2 Å². The maximum absolute atomic E-state index is 13.4. The van der Waals surface area contributed by atoms with Crippen molar-refractivity contribution in [1.29, 1.82) is 0 Å². The second-order valence-corrected chi connectivity index (χ2v) is 8.61. The van der Waals surface area contributed by atoms with Crippen LogP contribution in [0.5, 0.6) is 0 Å². The number of rotatable bonds is 5. The summed E-state index contributed by atoms with van der Waals surface area (Å²) in [5, 5.41) is 6.87. The lowest BCUT2D eigenvalue weighted by molar-refractivity contribution is -0.140. The van der Waals surface area contributed by atoms with Crippen molar-refractivity contribution < 1.29 is 18.0 Å². The highest BCUT2D eigenvalue weighted by molar-refractivity contribution is 5.96. The first-order valence-corrected chi connectivity index (χ1v) is 11.1. The topological polar surface area (TPSA) is 92.9 Å². The molecule has 1 aliphatic rings. The predicted molar refractivity (Wildman–Crippen MR) is 126 cm³/mol. The van der Waals surface area contributed by atoms with E-state index in [1.807, 2.05) is 13.0 Å². The fraction of sp³-hybridized carbons (Fsp3) is 0.320. The van der Waals surface area contributed by atoms with E-state index in [2.05, 4.69) is 20.6 Å². The number of aryl methyl sites for hydroxylation is 1. The van der Waals surface area contributed by atoms with Gasteiger partial charge in [-0.15, -0.1) is 0 Å². The Hall–Kier alpha value is -3.62. The van der Waals surface area contributed by atoms with E-state index < -0.39 is 11.9 Å². The van der Waals surface area contributed by atoms with Gasteiger partial charge in [-0.25, -0.2) is 4.98 Å². The van der Waals surface area contributed by atoms with Gasteiger partial charge in [-0.1, -0.05) is 17.7 Å². The number of aromatic nitrogens is 2. The first kappa shape index (κ1) is 23.5. The molecule has 1 aromatic carbocycles. The first-order valence-electron chi connectivity index (χ1n) is 11.1. The van der Waals surface area contributed by atoms with Gasteiger partial charge in [-0.05, 0) is 69.0 Å². The van der Waals surface area contributed by atoms with Gasteiger partial charge < -0.3 is 16.4 Å². The summed E-state index contributed by atoms with van der Waals surface area (Å²) in [6.07, 6.45) is 1.52. The number of nitrogens with one attached hydrogen (secondary N) is 2. The summed E-state index contributed by atoms with van der Waals surface area (Å²) < 4.78 is 40.3. The fourth-order valence-corrected chi connectivity index (χ4v) is 4.23. The molecule has 0 spiro atoms. The van der Waals surface area contributed by atoms with Crippen LogP contribution in [0.3, 0.4) is 0 Å². The molecule has 1 amide bonds. The number of amides is 1. The van der Waals surface area contributed by atoms with Crippen LogP contribution in [0.25, 0.3) is 17.0 Å². The number of carbonyl (C=O) groups is 1. The number of alkyl halides is 3. The van der Waals surface area contributed by atoms with Gasteiger partial charge >= 0.3 is 6.18 Å². The van der Waals surface area contributed by atoms with Crippen molar-refractivity contribution in [2.75, 3.05) is 5.32 Å². The maximum atomic E-state index is 13.4. The minimum atomic E-state index is -4.55. The molecule has 2 aromatic heterocycles. The Bertz CT molecular complexity index is 1210. The smallest absolute Gasteiger partial charge is 0.394 e. The standard InChI is InChI=1S/C25H26F3N5O/c1-15-8-9-21-19(11-15)22(14-23(33-21)25(26,27)28)31-17-6-4-7-18(12-17)32-24(34)20(29)13-16-5-2-3-10-30-16/h2-3,5,8-11,13-14,17-18H,4,6-7,12,29H2,1H3,(H,31,33)(H,32,34)/b20-13-/t17-,18+/m0/s1. The molecule has 0 radical (unpaired) electrons. The minimum Gasteiger partial charge on any atom is -0.394 e. The van der Waals surface area contributed by atoms with Crippen LogP contribution in [0.4, 0.5) is 18.9 Å². The third kappa shape index (κ3) is 5.65. The number of hydrogen-bond donors (Lipinski definition) is 3. The summed E-state index contributed by atoms with van der Waals surface area (Å²) in [4.78, 5) is 20.5. The van der Waals surface area contributed by atoms with Crippen LogP contribution >= 0.6 is 0 Å². The molecule has 34 heavy (non-hydrogen) atoms. The number of fused-ring (bicyclic) bond motifs is 1.